The molecule has 0 unspecified atom stereocenters. The van der Waals surface area contributed by atoms with Gasteiger partial charge in [-0.2, -0.15) is 0 Å². The molecule has 1 N–H and O–H groups in total. The van der Waals surface area contributed by atoms with E-state index in [9.17, 15) is 14.7 Å². The summed E-state index contributed by atoms with van der Waals surface area (Å²) < 4.78 is 10.2. The second-order valence-electron chi connectivity index (χ2n) is 4.39. The average Bonchev–Trinajstić information content (AvgIpc) is 2.61. The summed E-state index contributed by atoms with van der Waals surface area (Å²) in [5.74, 6) is -0.537. The summed E-state index contributed by atoms with van der Waals surface area (Å²) in [6.07, 6.45) is -1.30. The van der Waals surface area contributed by atoms with Crippen molar-refractivity contribution in [3.05, 3.63) is 29.8 Å². The molecule has 6 heteroatoms. The SMILES string of the molecule is COCC1(COC)C(=O)N(C(=O)O)c2ccccc21. The van der Waals surface area contributed by atoms with Gasteiger partial charge in [-0.15, -0.1) is 0 Å². The van der Waals surface area contributed by atoms with Gasteiger partial charge >= 0.3 is 6.09 Å². The molecule has 0 aliphatic carbocycles. The van der Waals surface area contributed by atoms with Gasteiger partial charge in [-0.1, -0.05) is 18.2 Å². The molecule has 1 aromatic rings. The molecule has 0 aromatic heterocycles. The van der Waals surface area contributed by atoms with Crippen LogP contribution in [0.1, 0.15) is 5.56 Å². The number of rotatable bonds is 4. The summed E-state index contributed by atoms with van der Waals surface area (Å²) in [4.78, 5) is 24.5. The molecule has 0 saturated carbocycles. The van der Waals surface area contributed by atoms with Gasteiger partial charge in [0.15, 0.2) is 0 Å². The normalized spacial score (nSPS) is 16.5. The number of nitrogens with zero attached hydrogens (tertiary/aromatic N) is 1. The Morgan fingerprint density at radius 3 is 2.37 bits per heavy atom. The number of carboxylic acid groups (broad SMARTS) is 1. The highest BCUT2D eigenvalue weighted by molar-refractivity contribution is 6.20. The van der Waals surface area contributed by atoms with E-state index in [1.807, 2.05) is 0 Å². The van der Waals surface area contributed by atoms with E-state index >= 15 is 0 Å². The van der Waals surface area contributed by atoms with Gasteiger partial charge in [0.25, 0.3) is 5.91 Å². The lowest BCUT2D eigenvalue weighted by Gasteiger charge is -2.26. The maximum Gasteiger partial charge on any atom is 0.418 e. The van der Waals surface area contributed by atoms with Gasteiger partial charge in [-0.3, -0.25) is 4.79 Å². The fourth-order valence-electron chi connectivity index (χ4n) is 2.52. The van der Waals surface area contributed by atoms with Crippen LogP contribution in [0.4, 0.5) is 10.5 Å². The van der Waals surface area contributed by atoms with Crippen molar-refractivity contribution in [2.45, 2.75) is 5.41 Å². The van der Waals surface area contributed by atoms with Gasteiger partial charge in [-0.25, -0.2) is 9.69 Å². The number of imide groups is 1. The molecule has 1 aromatic carbocycles. The maximum atomic E-state index is 12.5. The van der Waals surface area contributed by atoms with Gasteiger partial charge in [0.1, 0.15) is 5.41 Å². The molecule has 0 saturated heterocycles. The Kier molecular flexibility index (Phi) is 3.55. The van der Waals surface area contributed by atoms with Crippen molar-refractivity contribution >= 4 is 17.7 Å². The summed E-state index contributed by atoms with van der Waals surface area (Å²) in [5, 5.41) is 9.22. The fraction of sp³-hybridized carbons (Fsp3) is 0.385. The topological polar surface area (TPSA) is 76.1 Å². The van der Waals surface area contributed by atoms with Gasteiger partial charge in [-0.05, 0) is 11.6 Å². The Hall–Kier alpha value is -1.92. The summed E-state index contributed by atoms with van der Waals surface area (Å²) in [6, 6.07) is 6.79. The van der Waals surface area contributed by atoms with E-state index in [1.54, 1.807) is 24.3 Å². The first-order chi connectivity index (χ1) is 9.08. The zero-order valence-electron chi connectivity index (χ0n) is 10.8. The molecule has 2 rings (SSSR count). The van der Waals surface area contributed by atoms with Crippen molar-refractivity contribution in [1.29, 1.82) is 0 Å². The number of para-hydroxylation sites is 1. The van der Waals surface area contributed by atoms with Crippen molar-refractivity contribution in [3.63, 3.8) is 0 Å². The molecule has 102 valence electrons. The number of benzene rings is 1. The third kappa shape index (κ3) is 1.89. The van der Waals surface area contributed by atoms with E-state index in [0.717, 1.165) is 4.90 Å². The van der Waals surface area contributed by atoms with E-state index in [-0.39, 0.29) is 13.2 Å². The van der Waals surface area contributed by atoms with Crippen molar-refractivity contribution < 1.29 is 24.2 Å². The van der Waals surface area contributed by atoms with Crippen LogP contribution in [0.2, 0.25) is 0 Å². The lowest BCUT2D eigenvalue weighted by atomic mass is 9.83. The molecule has 1 aliphatic rings. The first-order valence-electron chi connectivity index (χ1n) is 5.73. The molecular formula is C13H15NO5. The number of ether oxygens (including phenoxy) is 2. The van der Waals surface area contributed by atoms with Gasteiger partial charge in [0.2, 0.25) is 0 Å². The molecular weight excluding hydrogens is 250 g/mol. The predicted molar refractivity (Wildman–Crippen MR) is 67.4 cm³/mol. The average molecular weight is 265 g/mol. The minimum atomic E-state index is -1.30. The minimum absolute atomic E-state index is 0.0699. The third-order valence-electron chi connectivity index (χ3n) is 3.25. The molecule has 0 fully saturated rings. The Morgan fingerprint density at radius 2 is 1.84 bits per heavy atom. The molecule has 1 heterocycles. The lowest BCUT2D eigenvalue weighted by Crippen LogP contribution is -2.48. The zero-order valence-corrected chi connectivity index (χ0v) is 10.8. The highest BCUT2D eigenvalue weighted by Gasteiger charge is 2.53. The second kappa shape index (κ2) is 4.99. The zero-order chi connectivity index (χ0) is 14.0. The first-order valence-corrected chi connectivity index (χ1v) is 5.73. The van der Waals surface area contributed by atoms with Gasteiger partial charge in [0, 0.05) is 14.2 Å². The highest BCUT2D eigenvalue weighted by Crippen LogP contribution is 2.42. The second-order valence-corrected chi connectivity index (χ2v) is 4.39. The van der Waals surface area contributed by atoms with E-state index in [2.05, 4.69) is 0 Å². The Morgan fingerprint density at radius 1 is 1.26 bits per heavy atom. The van der Waals surface area contributed by atoms with Crippen LogP contribution in [0.3, 0.4) is 0 Å². The maximum absolute atomic E-state index is 12.5. The molecule has 19 heavy (non-hydrogen) atoms. The van der Waals surface area contributed by atoms with Crippen molar-refractivity contribution in [2.24, 2.45) is 0 Å². The van der Waals surface area contributed by atoms with Crippen molar-refractivity contribution in [3.8, 4) is 0 Å². The number of carbonyl (C=O) groups is 2. The number of amides is 2. The third-order valence-corrected chi connectivity index (χ3v) is 3.25. The number of methoxy groups -OCH3 is 2. The van der Waals surface area contributed by atoms with Gasteiger partial charge in [0.05, 0.1) is 18.9 Å². The smallest absolute Gasteiger partial charge is 0.418 e. The summed E-state index contributed by atoms with van der Waals surface area (Å²) in [5.41, 5.74) is -0.112. The minimum Gasteiger partial charge on any atom is -0.464 e. The van der Waals surface area contributed by atoms with Crippen LogP contribution >= 0.6 is 0 Å². The number of carbonyl (C=O) groups excluding carboxylic acids is 1. The van der Waals surface area contributed by atoms with E-state index < -0.39 is 17.4 Å². The van der Waals surface area contributed by atoms with Crippen LogP contribution < -0.4 is 4.90 Å². The molecule has 0 radical (unpaired) electrons. The quantitative estimate of drug-likeness (QED) is 0.886. The summed E-state index contributed by atoms with van der Waals surface area (Å²) >= 11 is 0. The molecule has 6 nitrogen and oxygen atoms in total. The van der Waals surface area contributed by atoms with E-state index in [0.29, 0.717) is 11.3 Å². The Bertz CT molecular complexity index is 508. The van der Waals surface area contributed by atoms with E-state index in [4.69, 9.17) is 9.47 Å². The molecule has 0 bridgehead atoms. The standard InChI is InChI=1S/C13H15NO5/c1-18-7-13(8-19-2)9-5-3-4-6-10(9)14(11(13)15)12(16)17/h3-6H,7-8H2,1-2H3,(H,16,17). The highest BCUT2D eigenvalue weighted by atomic mass is 16.5. The summed E-state index contributed by atoms with van der Waals surface area (Å²) in [6.45, 7) is 0.140. The van der Waals surface area contributed by atoms with Crippen molar-refractivity contribution in [2.75, 3.05) is 32.3 Å². The largest absolute Gasteiger partial charge is 0.464 e. The first kappa shape index (κ1) is 13.5. The van der Waals surface area contributed by atoms with E-state index in [1.165, 1.54) is 14.2 Å². The number of anilines is 1. The lowest BCUT2D eigenvalue weighted by molar-refractivity contribution is -0.126. The predicted octanol–water partition coefficient (Wildman–Crippen LogP) is 1.24. The number of hydrogen-bond acceptors (Lipinski definition) is 4. The van der Waals surface area contributed by atoms with Gasteiger partial charge < -0.3 is 14.6 Å². The molecule has 2 amide bonds. The Labute approximate surface area is 110 Å². The van der Waals surface area contributed by atoms with Crippen LogP contribution in [0, 0.1) is 0 Å². The van der Waals surface area contributed by atoms with Crippen LogP contribution in [0.5, 0.6) is 0 Å². The van der Waals surface area contributed by atoms with Crippen LogP contribution in [0.25, 0.3) is 0 Å². The Balaban J connectivity index is 2.62. The number of fused-ring (bicyclic) bond motifs is 1. The van der Waals surface area contributed by atoms with Crippen LogP contribution in [-0.4, -0.2) is 44.5 Å². The van der Waals surface area contributed by atoms with Crippen molar-refractivity contribution in [1.82, 2.24) is 0 Å². The molecule has 0 atom stereocenters. The molecule has 0 spiro atoms. The molecule has 1 aliphatic heterocycles. The fourth-order valence-corrected chi connectivity index (χ4v) is 2.52. The van der Waals surface area contributed by atoms with Crippen LogP contribution in [0.15, 0.2) is 24.3 Å². The van der Waals surface area contributed by atoms with Crippen LogP contribution in [-0.2, 0) is 19.7 Å². The summed E-state index contributed by atoms with van der Waals surface area (Å²) in [7, 11) is 2.94. The number of hydrogen-bond donors (Lipinski definition) is 1. The monoisotopic (exact) mass is 265 g/mol.